The Morgan fingerprint density at radius 1 is 1.25 bits per heavy atom. The zero-order valence-electron chi connectivity index (χ0n) is 15.9. The molecule has 0 aliphatic carbocycles. The number of aromatic carboxylic acids is 1. The second kappa shape index (κ2) is 7.21. The molecule has 1 aromatic carbocycles. The zero-order valence-corrected chi connectivity index (χ0v) is 15.9. The first-order chi connectivity index (χ1) is 13.2. The smallest absolute Gasteiger partial charge is 0.352 e. The Morgan fingerprint density at radius 3 is 2.50 bits per heavy atom. The molecule has 8 nitrogen and oxygen atoms in total. The normalized spacial score (nSPS) is 18.6. The summed E-state index contributed by atoms with van der Waals surface area (Å²) in [6.07, 6.45) is 3.39. The summed E-state index contributed by atoms with van der Waals surface area (Å²) >= 11 is 0. The maximum Gasteiger partial charge on any atom is 0.352 e. The summed E-state index contributed by atoms with van der Waals surface area (Å²) in [6, 6.07) is 2.74. The van der Waals surface area contributed by atoms with E-state index in [9.17, 15) is 29.8 Å². The molecule has 2 atom stereocenters. The second-order valence-electron chi connectivity index (χ2n) is 7.07. The average Bonchev–Trinajstić information content (AvgIpc) is 2.64. The molecule has 28 heavy (non-hydrogen) atoms. The summed E-state index contributed by atoms with van der Waals surface area (Å²) in [5, 5.41) is 31.6. The predicted octanol–water partition coefficient (Wildman–Crippen LogP) is 1.68. The van der Waals surface area contributed by atoms with Gasteiger partial charge in [-0.3, -0.25) is 4.79 Å². The van der Waals surface area contributed by atoms with E-state index in [-0.39, 0.29) is 27.9 Å². The van der Waals surface area contributed by atoms with E-state index < -0.39 is 28.3 Å². The summed E-state index contributed by atoms with van der Waals surface area (Å²) in [6.45, 7) is 3.73. The number of hydrogen-bond donors (Lipinski definition) is 3. The standard InChI is InChI=1S/C20H22N2O6/c1-4-5-6-11-7-12-15(23)8-14(20(26)27)21(3)17(12)18-16(11)10(2)13(19(24)25)9-22(18)28/h7-10,22H,4-6H2,1-3H3,(H,24,25)(H,26,27). The number of carboxylic acids is 2. The number of aromatic nitrogens is 1. The van der Waals surface area contributed by atoms with Crippen molar-refractivity contribution < 1.29 is 24.9 Å². The van der Waals surface area contributed by atoms with Crippen molar-refractivity contribution in [3.63, 3.8) is 0 Å². The van der Waals surface area contributed by atoms with Gasteiger partial charge in [-0.05, 0) is 24.5 Å². The molecule has 2 aromatic rings. The Balaban J connectivity index is 2.48. The first-order valence-electron chi connectivity index (χ1n) is 9.11. The lowest BCUT2D eigenvalue weighted by atomic mass is 9.83. The number of unbranched alkanes of at least 4 members (excludes halogenated alkanes) is 1. The monoisotopic (exact) mass is 386 g/mol. The van der Waals surface area contributed by atoms with Crippen LogP contribution in [-0.2, 0) is 18.3 Å². The molecule has 148 valence electrons. The number of quaternary nitrogens is 1. The van der Waals surface area contributed by atoms with Crippen LogP contribution in [0.1, 0.15) is 54.2 Å². The summed E-state index contributed by atoms with van der Waals surface area (Å²) in [4.78, 5) is 35.8. The number of rotatable bonds is 5. The van der Waals surface area contributed by atoms with E-state index in [1.165, 1.54) is 11.6 Å². The minimum Gasteiger partial charge on any atom is -0.624 e. The molecule has 3 N–H and O–H groups in total. The largest absolute Gasteiger partial charge is 0.624 e. The van der Waals surface area contributed by atoms with Gasteiger partial charge >= 0.3 is 11.9 Å². The molecule has 0 saturated carbocycles. The first kappa shape index (κ1) is 19.8. The fraction of sp³-hybridized carbons (Fsp3) is 0.350. The van der Waals surface area contributed by atoms with E-state index in [0.29, 0.717) is 12.0 Å². The van der Waals surface area contributed by atoms with E-state index >= 15 is 0 Å². The van der Waals surface area contributed by atoms with Crippen LogP contribution in [0.3, 0.4) is 0 Å². The highest BCUT2D eigenvalue weighted by atomic mass is 16.5. The van der Waals surface area contributed by atoms with Crippen molar-refractivity contribution in [1.82, 2.24) is 4.57 Å². The average molecular weight is 386 g/mol. The highest BCUT2D eigenvalue weighted by Gasteiger charge is 2.34. The molecular formula is C20H22N2O6. The Bertz CT molecular complexity index is 1080. The molecule has 1 aromatic heterocycles. The second-order valence-corrected chi connectivity index (χ2v) is 7.07. The van der Waals surface area contributed by atoms with E-state index in [1.54, 1.807) is 13.0 Å². The molecule has 0 bridgehead atoms. The van der Waals surface area contributed by atoms with Crippen molar-refractivity contribution in [3.05, 3.63) is 56.2 Å². The van der Waals surface area contributed by atoms with Crippen molar-refractivity contribution >= 4 is 28.5 Å². The summed E-state index contributed by atoms with van der Waals surface area (Å²) in [7, 11) is 1.49. The lowest BCUT2D eigenvalue weighted by Crippen LogP contribution is -2.98. The van der Waals surface area contributed by atoms with Gasteiger partial charge in [-0.1, -0.05) is 20.3 Å². The van der Waals surface area contributed by atoms with Crippen LogP contribution in [0.2, 0.25) is 0 Å². The summed E-state index contributed by atoms with van der Waals surface area (Å²) in [5.41, 5.74) is 1.09. The van der Waals surface area contributed by atoms with Crippen LogP contribution >= 0.6 is 0 Å². The molecule has 0 radical (unpaired) electrons. The Kier molecular flexibility index (Phi) is 5.10. The number of benzene rings is 1. The fourth-order valence-electron chi connectivity index (χ4n) is 3.96. The fourth-order valence-corrected chi connectivity index (χ4v) is 3.96. The van der Waals surface area contributed by atoms with Crippen molar-refractivity contribution in [2.45, 2.75) is 39.0 Å². The van der Waals surface area contributed by atoms with Gasteiger partial charge in [-0.2, -0.15) is 0 Å². The highest BCUT2D eigenvalue weighted by molar-refractivity contribution is 5.97. The van der Waals surface area contributed by atoms with Crippen LogP contribution in [0.25, 0.3) is 10.9 Å². The van der Waals surface area contributed by atoms with Crippen LogP contribution in [-0.4, -0.2) is 26.7 Å². The molecular weight excluding hydrogens is 364 g/mol. The topological polar surface area (TPSA) is 124 Å². The number of aliphatic carboxylic acids is 1. The van der Waals surface area contributed by atoms with Gasteiger partial charge in [0.05, 0.1) is 11.0 Å². The Morgan fingerprint density at radius 2 is 1.93 bits per heavy atom. The van der Waals surface area contributed by atoms with Crippen LogP contribution < -0.4 is 10.5 Å². The number of pyridine rings is 1. The minimum absolute atomic E-state index is 0.00557. The number of carbonyl (C=O) groups is 2. The van der Waals surface area contributed by atoms with Crippen LogP contribution in [0.15, 0.2) is 28.7 Å². The van der Waals surface area contributed by atoms with Gasteiger partial charge in [0.2, 0.25) is 0 Å². The van der Waals surface area contributed by atoms with Gasteiger partial charge in [0.25, 0.3) is 0 Å². The molecule has 1 aliphatic rings. The SMILES string of the molecule is CCCCc1cc2c(=O)cc(C(=O)O)n(C)c2c2c1C(C)C(C(=O)O)=C[NH+]2[O-]. The zero-order chi connectivity index (χ0) is 20.7. The van der Waals surface area contributed by atoms with Crippen LogP contribution in [0.5, 0.6) is 0 Å². The Hall–Kier alpha value is -2.97. The van der Waals surface area contributed by atoms with Gasteiger partial charge in [-0.15, -0.1) is 0 Å². The molecule has 8 heteroatoms. The molecule has 0 fully saturated rings. The maximum atomic E-state index is 12.9. The summed E-state index contributed by atoms with van der Waals surface area (Å²) in [5.74, 6) is -2.99. The number of nitrogens with zero attached hydrogens (tertiary/aromatic N) is 1. The molecule has 2 unspecified atom stereocenters. The lowest BCUT2D eigenvalue weighted by Gasteiger charge is -2.32. The molecule has 3 rings (SSSR count). The molecule has 2 heterocycles. The molecule has 0 amide bonds. The molecule has 0 spiro atoms. The van der Waals surface area contributed by atoms with Crippen molar-refractivity contribution in [3.8, 4) is 0 Å². The molecule has 1 aliphatic heterocycles. The first-order valence-corrected chi connectivity index (χ1v) is 9.11. The number of carboxylic acid groups (broad SMARTS) is 2. The maximum absolute atomic E-state index is 12.9. The van der Waals surface area contributed by atoms with Gasteiger partial charge in [0.1, 0.15) is 17.4 Å². The van der Waals surface area contributed by atoms with E-state index in [1.807, 2.05) is 6.92 Å². The lowest BCUT2D eigenvalue weighted by molar-refractivity contribution is -0.715. The number of nitrogens with one attached hydrogen (secondary N) is 1. The van der Waals surface area contributed by atoms with Gasteiger partial charge < -0.3 is 25.1 Å². The van der Waals surface area contributed by atoms with Crippen molar-refractivity contribution in [1.29, 1.82) is 0 Å². The van der Waals surface area contributed by atoms with Gasteiger partial charge in [-0.25, -0.2) is 9.59 Å². The van der Waals surface area contributed by atoms with E-state index in [0.717, 1.165) is 30.7 Å². The molecule has 0 saturated heterocycles. The highest BCUT2D eigenvalue weighted by Crippen LogP contribution is 2.38. The van der Waals surface area contributed by atoms with Gasteiger partial charge in [0, 0.05) is 24.6 Å². The third kappa shape index (κ3) is 3.00. The number of hydroxylamine groups is 1. The summed E-state index contributed by atoms with van der Waals surface area (Å²) < 4.78 is 1.33. The van der Waals surface area contributed by atoms with E-state index in [4.69, 9.17) is 0 Å². The predicted molar refractivity (Wildman–Crippen MR) is 103 cm³/mol. The quantitative estimate of drug-likeness (QED) is 0.672. The number of hydrogen-bond acceptors (Lipinski definition) is 4. The van der Waals surface area contributed by atoms with Crippen molar-refractivity contribution in [2.24, 2.45) is 7.05 Å². The third-order valence-corrected chi connectivity index (χ3v) is 5.35. The Labute approximate surface area is 160 Å². The number of fused-ring (bicyclic) bond motifs is 3. The minimum atomic E-state index is -1.27. The third-order valence-electron chi connectivity index (χ3n) is 5.35. The van der Waals surface area contributed by atoms with Crippen LogP contribution in [0.4, 0.5) is 5.69 Å². The van der Waals surface area contributed by atoms with E-state index in [2.05, 4.69) is 0 Å². The van der Waals surface area contributed by atoms with Crippen molar-refractivity contribution in [2.75, 3.05) is 0 Å². The van der Waals surface area contributed by atoms with Crippen LogP contribution in [0, 0.1) is 5.21 Å². The van der Waals surface area contributed by atoms with Gasteiger partial charge in [0.15, 0.2) is 11.1 Å². The number of aryl methyl sites for hydroxylation is 2.